The van der Waals surface area contributed by atoms with Gasteiger partial charge in [-0.1, -0.05) is 0 Å². The normalized spacial score (nSPS) is 18.1. The van der Waals surface area contributed by atoms with Gasteiger partial charge in [0.25, 0.3) is 0 Å². The third-order valence-electron chi connectivity index (χ3n) is 1.98. The average molecular weight is 184 g/mol. The molecule has 0 saturated carbocycles. The van der Waals surface area contributed by atoms with E-state index in [9.17, 15) is 9.79 Å². The molecule has 0 fully saturated rings. The molecule has 0 heterocycles. The van der Waals surface area contributed by atoms with Gasteiger partial charge in [-0.15, -0.1) is 0 Å². The minimum absolute atomic E-state index is 1.36. The number of rotatable bonds is 2. The van der Waals surface area contributed by atoms with Crippen LogP contribution < -0.4 is 0 Å². The summed E-state index contributed by atoms with van der Waals surface area (Å²) >= 11 is 0. The summed E-state index contributed by atoms with van der Waals surface area (Å²) in [4.78, 5) is 19.3. The first-order valence-corrected chi connectivity index (χ1v) is 10.0. The maximum absolute atomic E-state index is 9.65. The van der Waals surface area contributed by atoms with Crippen molar-refractivity contribution < 1.29 is 14.3 Å². The summed E-state index contributed by atoms with van der Waals surface area (Å²) in [5.74, 6) is 0. The zero-order chi connectivity index (χ0) is 8.65. The van der Waals surface area contributed by atoms with E-state index >= 15 is 0 Å². The summed E-state index contributed by atoms with van der Waals surface area (Å²) in [7, 11) is -0.632. The fourth-order valence-corrected chi connectivity index (χ4v) is 2.46. The van der Waals surface area contributed by atoms with Crippen LogP contribution in [0.4, 0.5) is 0 Å². The molecular weight excluding hydrogens is 167 g/mol. The Morgan fingerprint density at radius 2 is 1.50 bits per heavy atom. The van der Waals surface area contributed by atoms with Crippen molar-refractivity contribution in [2.24, 2.45) is 0 Å². The zero-order valence-electron chi connectivity index (χ0n) is 7.25. The van der Waals surface area contributed by atoms with E-state index in [-0.39, 0.29) is 0 Å². The molecule has 0 aromatic rings. The number of hydrogen-bond acceptors (Lipinski definition) is 3. The van der Waals surface area contributed by atoms with Gasteiger partial charge in [0, 0.05) is 0 Å². The van der Waals surface area contributed by atoms with Crippen LogP contribution in [-0.4, -0.2) is 31.3 Å². The Balaban J connectivity index is 4.70. The van der Waals surface area contributed by atoms with E-state index in [1.54, 1.807) is 0 Å². The van der Waals surface area contributed by atoms with Crippen molar-refractivity contribution in [2.45, 2.75) is 19.6 Å². The van der Waals surface area contributed by atoms with Gasteiger partial charge in [0.05, 0.1) is 0 Å². The van der Waals surface area contributed by atoms with E-state index in [0.717, 1.165) is 0 Å². The van der Waals surface area contributed by atoms with Crippen molar-refractivity contribution in [1.29, 1.82) is 0 Å². The van der Waals surface area contributed by atoms with Crippen LogP contribution >= 0.6 is 6.83 Å². The molecule has 0 bridgehead atoms. The first-order chi connectivity index (χ1) is 4.09. The van der Waals surface area contributed by atoms with Gasteiger partial charge in [0.2, 0.25) is 0 Å². The van der Waals surface area contributed by atoms with Gasteiger partial charge in [0.1, 0.15) is 0 Å². The Morgan fingerprint density at radius 3 is 1.50 bits per heavy atom. The quantitative estimate of drug-likeness (QED) is 0.503. The second-order valence-corrected chi connectivity index (χ2v) is 18.2. The van der Waals surface area contributed by atoms with Crippen molar-refractivity contribution in [3.8, 4) is 0 Å². The molecule has 0 radical (unpaired) electrons. The molecular formula is C5H17O3PSi. The van der Waals surface area contributed by atoms with Crippen LogP contribution in [0.5, 0.6) is 0 Å². The van der Waals surface area contributed by atoms with Gasteiger partial charge in [-0.05, 0) is 0 Å². The van der Waals surface area contributed by atoms with Gasteiger partial charge >= 0.3 is 62.3 Å². The molecule has 0 aliphatic rings. The van der Waals surface area contributed by atoms with E-state index in [0.29, 0.717) is 0 Å². The van der Waals surface area contributed by atoms with Crippen molar-refractivity contribution in [1.82, 2.24) is 0 Å². The van der Waals surface area contributed by atoms with E-state index in [4.69, 9.17) is 4.52 Å². The molecule has 10 heavy (non-hydrogen) atoms. The Bertz CT molecular complexity index is 132. The molecule has 0 aliphatic heterocycles. The molecule has 0 unspecified atom stereocenters. The van der Waals surface area contributed by atoms with E-state index in [1.807, 2.05) is 19.6 Å². The van der Waals surface area contributed by atoms with Gasteiger partial charge in [0.15, 0.2) is 0 Å². The molecule has 0 atom stereocenters. The topological polar surface area (TPSA) is 49.7 Å². The van der Waals surface area contributed by atoms with E-state index < -0.39 is 14.6 Å². The summed E-state index contributed by atoms with van der Waals surface area (Å²) in [6.45, 7) is 3.38. The molecule has 3 nitrogen and oxygen atoms in total. The van der Waals surface area contributed by atoms with Gasteiger partial charge in [-0.25, -0.2) is 0 Å². The second kappa shape index (κ2) is 2.25. The van der Waals surface area contributed by atoms with Crippen LogP contribution in [0.15, 0.2) is 0 Å². The molecule has 64 valence electrons. The predicted octanol–water partition coefficient (Wildman–Crippen LogP) is 1.38. The Kier molecular flexibility index (Phi) is 2.37. The predicted molar refractivity (Wildman–Crippen MR) is 47.6 cm³/mol. The van der Waals surface area contributed by atoms with E-state index in [2.05, 4.69) is 0 Å². The fourth-order valence-electron chi connectivity index (χ4n) is 0.274. The Hall–Kier alpha value is 0.527. The summed E-state index contributed by atoms with van der Waals surface area (Å²) in [6.07, 6.45) is 0. The number of hydrogen-bond donors (Lipinski definition) is 2. The monoisotopic (exact) mass is 184 g/mol. The Labute approximate surface area is 63.1 Å². The second-order valence-electron chi connectivity index (χ2n) is 3.70. The maximum atomic E-state index is 9.65. The molecule has 2 N–H and O–H groups in total. The van der Waals surface area contributed by atoms with Crippen LogP contribution in [-0.2, 0) is 4.52 Å². The summed E-state index contributed by atoms with van der Waals surface area (Å²) in [6, 6.07) is 0. The molecule has 0 amide bonds. The van der Waals surface area contributed by atoms with Crippen LogP contribution in [0.2, 0.25) is 19.6 Å². The van der Waals surface area contributed by atoms with Crippen molar-refractivity contribution >= 4 is 14.6 Å². The van der Waals surface area contributed by atoms with Gasteiger partial charge in [-0.3, -0.25) is 0 Å². The first kappa shape index (κ1) is 10.5. The molecule has 0 rings (SSSR count). The molecule has 0 aromatic carbocycles. The van der Waals surface area contributed by atoms with Crippen LogP contribution in [0.1, 0.15) is 0 Å². The van der Waals surface area contributed by atoms with E-state index in [1.165, 1.54) is 13.8 Å². The van der Waals surface area contributed by atoms with Crippen molar-refractivity contribution in [3.63, 3.8) is 0 Å². The van der Waals surface area contributed by atoms with Crippen molar-refractivity contribution in [2.75, 3.05) is 13.8 Å². The SMILES string of the molecule is COP(C)(O)(O)[Si](C)(C)C. The molecule has 0 aliphatic carbocycles. The fraction of sp³-hybridized carbons (Fsp3) is 1.00. The molecule has 0 saturated heterocycles. The molecule has 0 spiro atoms. The Morgan fingerprint density at radius 1 is 1.20 bits per heavy atom. The van der Waals surface area contributed by atoms with Crippen LogP contribution in [0.3, 0.4) is 0 Å². The summed E-state index contributed by atoms with van der Waals surface area (Å²) < 4.78 is 4.79. The van der Waals surface area contributed by atoms with Crippen LogP contribution in [0.25, 0.3) is 0 Å². The molecule has 5 heteroatoms. The summed E-state index contributed by atoms with van der Waals surface area (Å²) in [5.41, 5.74) is 0. The van der Waals surface area contributed by atoms with Crippen molar-refractivity contribution in [3.05, 3.63) is 0 Å². The third kappa shape index (κ3) is 1.77. The van der Waals surface area contributed by atoms with Crippen LogP contribution in [0, 0.1) is 0 Å². The minimum atomic E-state index is -3.70. The summed E-state index contributed by atoms with van der Waals surface area (Å²) in [5, 5.41) is 0. The van der Waals surface area contributed by atoms with Gasteiger partial charge in [-0.2, -0.15) is 0 Å². The standard InChI is InChI=1S/C5H17O3PSi/c1-8-9(2,6,7)10(3,4)5/h6-7H,1-5H3. The first-order valence-electron chi connectivity index (χ1n) is 3.16. The molecule has 0 aromatic heterocycles. The van der Waals surface area contributed by atoms with Gasteiger partial charge < -0.3 is 0 Å². The zero-order valence-corrected chi connectivity index (χ0v) is 9.14. The average Bonchev–Trinajstić information content (AvgIpc) is 1.62. The third-order valence-corrected chi connectivity index (χ3v) is 15.8.